The molecule has 3 N–H and O–H groups in total. The number of nitrogens with zero attached hydrogens (tertiary/aromatic N) is 1. The van der Waals surface area contributed by atoms with Crippen molar-refractivity contribution in [3.8, 4) is 0 Å². The van der Waals surface area contributed by atoms with Crippen LogP contribution in [-0.4, -0.2) is 41.2 Å². The van der Waals surface area contributed by atoms with E-state index in [0.717, 1.165) is 4.88 Å². The van der Waals surface area contributed by atoms with Gasteiger partial charge in [0, 0.05) is 4.88 Å². The van der Waals surface area contributed by atoms with Crippen LogP contribution in [0.1, 0.15) is 20.4 Å². The summed E-state index contributed by atoms with van der Waals surface area (Å²) < 4.78 is 36.2. The Morgan fingerprint density at radius 1 is 1.38 bits per heavy atom. The minimum Gasteiger partial charge on any atom is -0.475 e. The molecule has 0 spiro atoms. The molecule has 11 heteroatoms. The lowest BCUT2D eigenvalue weighted by atomic mass is 10.3. The van der Waals surface area contributed by atoms with Crippen molar-refractivity contribution in [1.82, 2.24) is 4.98 Å². The number of rotatable bonds is 3. The third kappa shape index (κ3) is 6.70. The fraction of sp³-hybridized carbons (Fsp3) is 0.400. The number of esters is 1. The molecule has 0 atom stereocenters. The van der Waals surface area contributed by atoms with Crippen LogP contribution in [0.4, 0.5) is 13.2 Å². The molecular formula is C10H11F3N2O5S. The van der Waals surface area contributed by atoms with Crippen molar-refractivity contribution in [1.29, 1.82) is 0 Å². The molecule has 1 heterocycles. The fourth-order valence-electron chi connectivity index (χ4n) is 0.906. The van der Waals surface area contributed by atoms with Gasteiger partial charge in [-0.2, -0.15) is 13.2 Å². The second kappa shape index (κ2) is 7.57. The molecule has 7 nitrogen and oxygen atoms in total. The van der Waals surface area contributed by atoms with Gasteiger partial charge in [0.05, 0.1) is 19.2 Å². The Morgan fingerprint density at radius 3 is 2.14 bits per heavy atom. The molecule has 1 amide bonds. The molecule has 0 unspecified atom stereocenters. The van der Waals surface area contributed by atoms with Gasteiger partial charge < -0.3 is 15.6 Å². The first-order valence-corrected chi connectivity index (χ1v) is 5.93. The Balaban J connectivity index is 0.000000486. The molecule has 0 aliphatic heterocycles. The van der Waals surface area contributed by atoms with E-state index in [0.29, 0.717) is 5.69 Å². The Morgan fingerprint density at radius 2 is 1.86 bits per heavy atom. The molecular weight excluding hydrogens is 317 g/mol. The van der Waals surface area contributed by atoms with E-state index in [1.165, 1.54) is 18.4 Å². The number of aliphatic carboxylic acids is 1. The van der Waals surface area contributed by atoms with Crippen molar-refractivity contribution >= 4 is 29.2 Å². The van der Waals surface area contributed by atoms with Crippen LogP contribution in [0.15, 0.2) is 0 Å². The lowest BCUT2D eigenvalue weighted by molar-refractivity contribution is -0.192. The third-order valence-corrected chi connectivity index (χ3v) is 2.91. The van der Waals surface area contributed by atoms with Gasteiger partial charge in [-0.1, -0.05) is 0 Å². The largest absolute Gasteiger partial charge is 0.490 e. The zero-order valence-electron chi connectivity index (χ0n) is 10.9. The molecule has 0 aliphatic rings. The van der Waals surface area contributed by atoms with Gasteiger partial charge >= 0.3 is 18.1 Å². The summed E-state index contributed by atoms with van der Waals surface area (Å²) in [6.07, 6.45) is -5.01. The van der Waals surface area contributed by atoms with Crippen molar-refractivity contribution in [2.45, 2.75) is 19.5 Å². The highest BCUT2D eigenvalue weighted by Crippen LogP contribution is 2.17. The maximum atomic E-state index is 10.9. The summed E-state index contributed by atoms with van der Waals surface area (Å²) in [6, 6.07) is 0. The highest BCUT2D eigenvalue weighted by Gasteiger charge is 2.38. The quantitative estimate of drug-likeness (QED) is 0.796. The van der Waals surface area contributed by atoms with Crippen LogP contribution in [0.5, 0.6) is 0 Å². The molecule has 0 bridgehead atoms. The molecule has 21 heavy (non-hydrogen) atoms. The lowest BCUT2D eigenvalue weighted by Crippen LogP contribution is -2.21. The van der Waals surface area contributed by atoms with Crippen LogP contribution in [0.3, 0.4) is 0 Å². The van der Waals surface area contributed by atoms with Crippen molar-refractivity contribution in [3.05, 3.63) is 15.6 Å². The summed E-state index contributed by atoms with van der Waals surface area (Å²) in [4.78, 5) is 35.4. The number of carbonyl (C=O) groups excluding carboxylic acids is 2. The summed E-state index contributed by atoms with van der Waals surface area (Å²) in [6.45, 7) is 1.78. The number of hydrogen-bond acceptors (Lipinski definition) is 6. The predicted molar refractivity (Wildman–Crippen MR) is 64.8 cm³/mol. The monoisotopic (exact) mass is 328 g/mol. The standard InChI is InChI=1S/C8H10N2O3S.C2HF3O2/c1-4-5(3-6(11)13-2)10-8(14-4)7(9)12;3-2(4,5)1(6)7/h3H2,1-2H3,(H2,9,12);(H,6,7). The van der Waals surface area contributed by atoms with Gasteiger partial charge in [0.2, 0.25) is 0 Å². The molecule has 0 fully saturated rings. The van der Waals surface area contributed by atoms with Crippen molar-refractivity contribution in [2.24, 2.45) is 5.73 Å². The van der Waals surface area contributed by atoms with E-state index in [-0.39, 0.29) is 17.4 Å². The van der Waals surface area contributed by atoms with Gasteiger partial charge in [-0.25, -0.2) is 9.78 Å². The maximum absolute atomic E-state index is 10.9. The first-order valence-electron chi connectivity index (χ1n) is 5.12. The lowest BCUT2D eigenvalue weighted by Gasteiger charge is -1.95. The van der Waals surface area contributed by atoms with Gasteiger partial charge in [-0.05, 0) is 6.92 Å². The van der Waals surface area contributed by atoms with E-state index < -0.39 is 18.1 Å². The van der Waals surface area contributed by atoms with E-state index in [1.807, 2.05) is 0 Å². The van der Waals surface area contributed by atoms with Gasteiger partial charge in [-0.15, -0.1) is 11.3 Å². The number of carboxylic acid groups (broad SMARTS) is 1. The second-order valence-corrected chi connectivity index (χ2v) is 4.65. The zero-order valence-corrected chi connectivity index (χ0v) is 11.7. The van der Waals surface area contributed by atoms with E-state index in [1.54, 1.807) is 6.92 Å². The normalized spacial score (nSPS) is 10.3. The number of aryl methyl sites for hydroxylation is 1. The van der Waals surface area contributed by atoms with Gasteiger partial charge in [0.15, 0.2) is 5.01 Å². The number of hydrogen-bond donors (Lipinski definition) is 2. The molecule has 1 aromatic heterocycles. The van der Waals surface area contributed by atoms with Gasteiger partial charge in [-0.3, -0.25) is 9.59 Å². The number of alkyl halides is 3. The number of ether oxygens (including phenoxy) is 1. The third-order valence-electron chi connectivity index (χ3n) is 1.89. The average Bonchev–Trinajstić information content (AvgIpc) is 2.70. The average molecular weight is 328 g/mol. The topological polar surface area (TPSA) is 120 Å². The van der Waals surface area contributed by atoms with Crippen LogP contribution in [0.2, 0.25) is 0 Å². The van der Waals surface area contributed by atoms with Crippen LogP contribution >= 0.6 is 11.3 Å². The number of amides is 1. The number of aromatic nitrogens is 1. The number of thiazole rings is 1. The molecule has 0 saturated carbocycles. The smallest absolute Gasteiger partial charge is 0.475 e. The maximum Gasteiger partial charge on any atom is 0.490 e. The summed E-state index contributed by atoms with van der Waals surface area (Å²) in [7, 11) is 1.30. The highest BCUT2D eigenvalue weighted by atomic mass is 32.1. The Labute approximate surface area is 120 Å². The Kier molecular flexibility index (Phi) is 6.79. The number of methoxy groups -OCH3 is 1. The number of carboxylic acids is 1. The van der Waals surface area contributed by atoms with Crippen LogP contribution in [0.25, 0.3) is 0 Å². The molecule has 1 rings (SSSR count). The second-order valence-electron chi connectivity index (χ2n) is 3.44. The molecule has 0 saturated heterocycles. The van der Waals surface area contributed by atoms with Gasteiger partial charge in [0.25, 0.3) is 5.91 Å². The number of nitrogens with two attached hydrogens (primary N) is 1. The van der Waals surface area contributed by atoms with Crippen LogP contribution in [0, 0.1) is 6.92 Å². The fourth-order valence-corrected chi connectivity index (χ4v) is 1.69. The number of carbonyl (C=O) groups is 3. The van der Waals surface area contributed by atoms with Crippen LogP contribution < -0.4 is 5.73 Å². The van der Waals surface area contributed by atoms with E-state index in [4.69, 9.17) is 15.6 Å². The van der Waals surface area contributed by atoms with Crippen molar-refractivity contribution in [3.63, 3.8) is 0 Å². The van der Waals surface area contributed by atoms with Crippen molar-refractivity contribution in [2.75, 3.05) is 7.11 Å². The first-order chi connectivity index (χ1) is 9.48. The number of primary amides is 1. The van der Waals surface area contributed by atoms with E-state index in [2.05, 4.69) is 9.72 Å². The Bertz CT molecular complexity index is 541. The first kappa shape index (κ1) is 18.8. The van der Waals surface area contributed by atoms with E-state index in [9.17, 15) is 22.8 Å². The van der Waals surface area contributed by atoms with E-state index >= 15 is 0 Å². The number of halogens is 3. The predicted octanol–water partition coefficient (Wildman–Crippen LogP) is 0.899. The summed E-state index contributed by atoms with van der Waals surface area (Å²) >= 11 is 1.18. The zero-order chi connectivity index (χ0) is 16.8. The van der Waals surface area contributed by atoms with Crippen LogP contribution in [-0.2, 0) is 20.7 Å². The molecule has 0 radical (unpaired) electrons. The highest BCUT2D eigenvalue weighted by molar-refractivity contribution is 7.13. The minimum absolute atomic E-state index is 0.0755. The molecule has 0 aliphatic carbocycles. The molecule has 1 aromatic rings. The molecule has 0 aromatic carbocycles. The SMILES string of the molecule is COC(=O)Cc1nc(C(N)=O)sc1C.O=C(O)C(F)(F)F. The molecule has 118 valence electrons. The summed E-state index contributed by atoms with van der Waals surface area (Å²) in [5, 5.41) is 7.35. The summed E-state index contributed by atoms with van der Waals surface area (Å²) in [5.74, 6) is -3.71. The van der Waals surface area contributed by atoms with Crippen molar-refractivity contribution < 1.29 is 37.4 Å². The Hall–Kier alpha value is -2.17. The summed E-state index contributed by atoms with van der Waals surface area (Å²) in [5.41, 5.74) is 5.60. The minimum atomic E-state index is -5.08. The van der Waals surface area contributed by atoms with Gasteiger partial charge in [0.1, 0.15) is 0 Å².